The number of thiocarbonyl (C=S) groups is 1. The molecule has 3 aromatic rings. The molecule has 160 valence electrons. The molecule has 7 nitrogen and oxygen atoms in total. The molecule has 0 aliphatic rings. The first kappa shape index (κ1) is 22.0. The van der Waals surface area contributed by atoms with Gasteiger partial charge in [-0.15, -0.1) is 0 Å². The number of aryl methyl sites for hydroxylation is 1. The highest BCUT2D eigenvalue weighted by Crippen LogP contribution is 2.20. The number of benzene rings is 3. The largest absolute Gasteiger partial charge is 0.484 e. The van der Waals surface area contributed by atoms with Gasteiger partial charge in [-0.25, -0.2) is 0 Å². The van der Waals surface area contributed by atoms with E-state index < -0.39 is 11.8 Å². The maximum absolute atomic E-state index is 11.9. The lowest BCUT2D eigenvalue weighted by molar-refractivity contribution is -0.124. The van der Waals surface area contributed by atoms with Gasteiger partial charge in [-0.2, -0.15) is 0 Å². The van der Waals surface area contributed by atoms with E-state index in [2.05, 4.69) is 23.1 Å². The molecular formula is C23H23N3O4S. The van der Waals surface area contributed by atoms with E-state index in [0.717, 1.165) is 17.2 Å². The maximum atomic E-state index is 11.9. The zero-order chi connectivity index (χ0) is 22.1. The summed E-state index contributed by atoms with van der Waals surface area (Å²) in [5.41, 5.74) is 6.01. The molecule has 0 saturated carbocycles. The van der Waals surface area contributed by atoms with Crippen LogP contribution in [0.3, 0.4) is 0 Å². The van der Waals surface area contributed by atoms with Crippen LogP contribution < -0.4 is 25.6 Å². The molecule has 0 aliphatic carbocycles. The van der Waals surface area contributed by atoms with Crippen LogP contribution in [0, 0.1) is 0 Å². The van der Waals surface area contributed by atoms with Crippen LogP contribution in [0.2, 0.25) is 0 Å². The fourth-order valence-corrected chi connectivity index (χ4v) is 2.90. The summed E-state index contributed by atoms with van der Waals surface area (Å²) in [6.07, 6.45) is 0.930. The monoisotopic (exact) mass is 437 g/mol. The van der Waals surface area contributed by atoms with Gasteiger partial charge < -0.3 is 9.47 Å². The van der Waals surface area contributed by atoms with Crippen LogP contribution in [0.15, 0.2) is 66.7 Å². The van der Waals surface area contributed by atoms with Crippen LogP contribution >= 0.6 is 12.2 Å². The average molecular weight is 438 g/mol. The lowest BCUT2D eigenvalue weighted by Gasteiger charge is -2.12. The number of hydrogen-bond acceptors (Lipinski definition) is 5. The van der Waals surface area contributed by atoms with Crippen molar-refractivity contribution in [2.24, 2.45) is 0 Å². The predicted octanol–water partition coefficient (Wildman–Crippen LogP) is 2.88. The number of nitrogens with one attached hydrogen (secondary N) is 3. The summed E-state index contributed by atoms with van der Waals surface area (Å²) in [6.45, 7) is 1.65. The molecule has 0 atom stereocenters. The first-order valence-corrected chi connectivity index (χ1v) is 10.2. The topological polar surface area (TPSA) is 88.7 Å². The Bertz CT molecular complexity index is 1070. The second kappa shape index (κ2) is 10.9. The summed E-state index contributed by atoms with van der Waals surface area (Å²) in [5, 5.41) is 4.48. The molecule has 3 N–H and O–H groups in total. The summed E-state index contributed by atoms with van der Waals surface area (Å²) in [5.74, 6) is 0.273. The van der Waals surface area contributed by atoms with Gasteiger partial charge in [-0.3, -0.25) is 25.8 Å². The van der Waals surface area contributed by atoms with Gasteiger partial charge in [0, 0.05) is 0 Å². The lowest BCUT2D eigenvalue weighted by atomic mass is 10.1. The molecule has 2 amide bonds. The Balaban J connectivity index is 1.35. The Labute approximate surface area is 185 Å². The Kier molecular flexibility index (Phi) is 7.78. The van der Waals surface area contributed by atoms with Crippen LogP contribution in [0.25, 0.3) is 10.8 Å². The second-order valence-corrected chi connectivity index (χ2v) is 7.04. The van der Waals surface area contributed by atoms with E-state index >= 15 is 0 Å². The van der Waals surface area contributed by atoms with Gasteiger partial charge in [0.05, 0.1) is 0 Å². The highest BCUT2D eigenvalue weighted by molar-refractivity contribution is 7.80. The van der Waals surface area contributed by atoms with Crippen molar-refractivity contribution in [2.45, 2.75) is 13.3 Å². The maximum Gasteiger partial charge on any atom is 0.276 e. The van der Waals surface area contributed by atoms with Crippen LogP contribution in [-0.2, 0) is 16.0 Å². The summed E-state index contributed by atoms with van der Waals surface area (Å²) in [6, 6.07) is 20.9. The van der Waals surface area contributed by atoms with Crippen molar-refractivity contribution in [1.82, 2.24) is 16.2 Å². The van der Waals surface area contributed by atoms with Crippen molar-refractivity contribution in [3.05, 3.63) is 72.3 Å². The van der Waals surface area contributed by atoms with Gasteiger partial charge in [0.2, 0.25) is 0 Å². The lowest BCUT2D eigenvalue weighted by Crippen LogP contribution is -2.50. The summed E-state index contributed by atoms with van der Waals surface area (Å²) < 4.78 is 10.9. The smallest absolute Gasteiger partial charge is 0.276 e. The third-order valence-corrected chi connectivity index (χ3v) is 4.56. The highest BCUT2D eigenvalue weighted by Gasteiger charge is 2.08. The molecule has 0 spiro atoms. The summed E-state index contributed by atoms with van der Waals surface area (Å²) >= 11 is 4.99. The number of carbonyl (C=O) groups is 2. The number of carbonyl (C=O) groups excluding carboxylic acids is 2. The first-order valence-electron chi connectivity index (χ1n) is 9.75. The predicted molar refractivity (Wildman–Crippen MR) is 123 cm³/mol. The standard InChI is InChI=1S/C23H23N3O4S/c1-2-16-7-10-19(11-8-16)29-14-21(27)24-23(31)26-25-22(28)15-30-20-12-9-17-5-3-4-6-18(17)13-20/h3-13H,2,14-15H2,1H3,(H,25,28)(H2,24,26,27,31). The molecule has 8 heteroatoms. The van der Waals surface area contributed by atoms with E-state index in [-0.39, 0.29) is 18.3 Å². The quantitative estimate of drug-likeness (QED) is 0.389. The Morgan fingerprint density at radius 3 is 2.19 bits per heavy atom. The number of hydrogen-bond donors (Lipinski definition) is 3. The van der Waals surface area contributed by atoms with E-state index in [9.17, 15) is 9.59 Å². The number of fused-ring (bicyclic) bond motifs is 1. The van der Waals surface area contributed by atoms with E-state index in [0.29, 0.717) is 11.5 Å². The molecule has 3 rings (SSSR count). The van der Waals surface area contributed by atoms with Crippen LogP contribution in [0.5, 0.6) is 11.5 Å². The zero-order valence-corrected chi connectivity index (χ0v) is 17.8. The molecule has 0 aliphatic heterocycles. The van der Waals surface area contributed by atoms with Gasteiger partial charge in [0.1, 0.15) is 11.5 Å². The first-order chi connectivity index (χ1) is 15.0. The van der Waals surface area contributed by atoms with Crippen molar-refractivity contribution < 1.29 is 19.1 Å². The SMILES string of the molecule is CCc1ccc(OCC(=O)NC(=S)NNC(=O)COc2ccc3ccccc3c2)cc1. The van der Waals surface area contributed by atoms with Crippen LogP contribution in [0.1, 0.15) is 12.5 Å². The van der Waals surface area contributed by atoms with E-state index in [1.807, 2.05) is 48.5 Å². The van der Waals surface area contributed by atoms with Crippen molar-refractivity contribution in [3.63, 3.8) is 0 Å². The van der Waals surface area contributed by atoms with Gasteiger partial charge in [0.15, 0.2) is 18.3 Å². The Morgan fingerprint density at radius 1 is 0.806 bits per heavy atom. The molecule has 31 heavy (non-hydrogen) atoms. The third kappa shape index (κ3) is 6.97. The molecule has 0 aromatic heterocycles. The van der Waals surface area contributed by atoms with Crippen LogP contribution in [0.4, 0.5) is 0 Å². The number of rotatable bonds is 7. The number of hydrazine groups is 1. The third-order valence-electron chi connectivity index (χ3n) is 4.36. The minimum atomic E-state index is -0.447. The number of amides is 2. The molecule has 0 radical (unpaired) electrons. The normalized spacial score (nSPS) is 10.2. The van der Waals surface area contributed by atoms with Gasteiger partial charge >= 0.3 is 0 Å². The fourth-order valence-electron chi connectivity index (χ4n) is 2.73. The molecule has 0 fully saturated rings. The second-order valence-electron chi connectivity index (χ2n) is 6.63. The van der Waals surface area contributed by atoms with Crippen LogP contribution in [-0.4, -0.2) is 30.1 Å². The molecule has 3 aromatic carbocycles. The number of ether oxygens (including phenoxy) is 2. The van der Waals surface area contributed by atoms with Crippen molar-refractivity contribution in [3.8, 4) is 11.5 Å². The average Bonchev–Trinajstić information content (AvgIpc) is 2.80. The minimum absolute atomic E-state index is 0.0472. The molecule has 0 bridgehead atoms. The fraction of sp³-hybridized carbons (Fsp3) is 0.174. The van der Waals surface area contributed by atoms with E-state index in [1.165, 1.54) is 5.56 Å². The van der Waals surface area contributed by atoms with E-state index in [1.54, 1.807) is 18.2 Å². The molecule has 0 unspecified atom stereocenters. The minimum Gasteiger partial charge on any atom is -0.484 e. The van der Waals surface area contributed by atoms with Crippen molar-refractivity contribution >= 4 is 39.9 Å². The molecule has 0 heterocycles. The highest BCUT2D eigenvalue weighted by atomic mass is 32.1. The summed E-state index contributed by atoms with van der Waals surface area (Å²) in [4.78, 5) is 23.8. The summed E-state index contributed by atoms with van der Waals surface area (Å²) in [7, 11) is 0. The van der Waals surface area contributed by atoms with Gasteiger partial charge in [-0.1, -0.05) is 49.4 Å². The Hall–Kier alpha value is -3.65. The molecule has 0 saturated heterocycles. The van der Waals surface area contributed by atoms with E-state index in [4.69, 9.17) is 21.7 Å². The Morgan fingerprint density at radius 2 is 1.45 bits per heavy atom. The van der Waals surface area contributed by atoms with Crippen molar-refractivity contribution in [2.75, 3.05) is 13.2 Å². The van der Waals surface area contributed by atoms with Gasteiger partial charge in [0.25, 0.3) is 11.8 Å². The molecular weight excluding hydrogens is 414 g/mol. The van der Waals surface area contributed by atoms with Gasteiger partial charge in [-0.05, 0) is 59.2 Å². The van der Waals surface area contributed by atoms with Crippen molar-refractivity contribution in [1.29, 1.82) is 0 Å². The zero-order valence-electron chi connectivity index (χ0n) is 17.0.